The fourth-order valence-electron chi connectivity index (χ4n) is 4.75. The van der Waals surface area contributed by atoms with E-state index in [0.29, 0.717) is 36.0 Å². The molecule has 1 unspecified atom stereocenters. The molecule has 10 heteroatoms. The summed E-state index contributed by atoms with van der Waals surface area (Å²) in [4.78, 5) is 36.7. The van der Waals surface area contributed by atoms with Gasteiger partial charge in [-0.3, -0.25) is 9.59 Å². The highest BCUT2D eigenvalue weighted by atomic mass is 19.4. The molecule has 0 fully saturated rings. The lowest BCUT2D eigenvalue weighted by molar-refractivity contribution is -0.139. The van der Waals surface area contributed by atoms with Crippen LogP contribution in [0.2, 0.25) is 0 Å². The molecule has 1 aliphatic carbocycles. The highest BCUT2D eigenvalue weighted by Gasteiger charge is 2.42. The minimum atomic E-state index is -4.57. The minimum absolute atomic E-state index is 0.103. The summed E-state index contributed by atoms with van der Waals surface area (Å²) in [5, 5.41) is 13.8. The van der Waals surface area contributed by atoms with Gasteiger partial charge in [-0.15, -0.1) is 0 Å². The fraction of sp³-hybridized carbons (Fsp3) is 0.250. The normalized spacial score (nSPS) is 17.0. The molecule has 6 nitrogen and oxygen atoms in total. The first-order valence-electron chi connectivity index (χ1n) is 11.9. The summed E-state index contributed by atoms with van der Waals surface area (Å²) < 4.78 is 53.4. The average molecular weight is 529 g/mol. The summed E-state index contributed by atoms with van der Waals surface area (Å²) in [6.07, 6.45) is -3.47. The number of amides is 2. The van der Waals surface area contributed by atoms with E-state index in [9.17, 15) is 37.1 Å². The fourth-order valence-corrected chi connectivity index (χ4v) is 4.75. The van der Waals surface area contributed by atoms with Crippen LogP contribution < -0.4 is 10.6 Å². The second kappa shape index (κ2) is 10.3. The summed E-state index contributed by atoms with van der Waals surface area (Å²) >= 11 is 0. The Balaban J connectivity index is 1.49. The van der Waals surface area contributed by atoms with Gasteiger partial charge in [0.25, 0.3) is 0 Å². The lowest BCUT2D eigenvalue weighted by Crippen LogP contribution is -2.37. The summed E-state index contributed by atoms with van der Waals surface area (Å²) in [7, 11) is 0. The van der Waals surface area contributed by atoms with Crippen molar-refractivity contribution >= 4 is 29.2 Å². The molecule has 3 N–H and O–H groups in total. The molecule has 0 radical (unpaired) electrons. The van der Waals surface area contributed by atoms with E-state index in [1.807, 2.05) is 0 Å². The summed E-state index contributed by atoms with van der Waals surface area (Å²) in [5.74, 6) is -1.98. The lowest BCUT2D eigenvalue weighted by atomic mass is 9.67. The van der Waals surface area contributed by atoms with Crippen LogP contribution in [-0.4, -0.2) is 22.9 Å². The topological polar surface area (TPSA) is 95.5 Å². The van der Waals surface area contributed by atoms with Gasteiger partial charge in [-0.25, -0.2) is 9.18 Å². The first-order chi connectivity index (χ1) is 17.9. The third-order valence-electron chi connectivity index (χ3n) is 6.87. The first kappa shape index (κ1) is 26.8. The van der Waals surface area contributed by atoms with Gasteiger partial charge in [0.1, 0.15) is 5.82 Å². The van der Waals surface area contributed by atoms with E-state index in [-0.39, 0.29) is 23.6 Å². The molecule has 2 amide bonds. The van der Waals surface area contributed by atoms with Gasteiger partial charge >= 0.3 is 18.2 Å². The molecule has 3 aromatic rings. The molecule has 198 valence electrons. The standard InChI is InChI=1S/C28H24F4N2O4/c1-2-27(15-24(35)36)11-10-18-12-16(6-8-21(18)25(27)37)17-7-9-23(22(29)13-17)34-26(38)33-20-5-3-4-19(14-20)28(30,31)32/h3-9,12-14H,2,10-11,15H2,1H3,(H,35,36)(H2,33,34,38). The molecule has 0 saturated heterocycles. The molecule has 1 aliphatic rings. The number of aliphatic carboxylic acids is 1. The van der Waals surface area contributed by atoms with Crippen molar-refractivity contribution in [2.75, 3.05) is 10.6 Å². The summed E-state index contributed by atoms with van der Waals surface area (Å²) in [6, 6.07) is 12.3. The molecule has 1 atom stereocenters. The van der Waals surface area contributed by atoms with E-state index in [0.717, 1.165) is 23.8 Å². The predicted molar refractivity (Wildman–Crippen MR) is 134 cm³/mol. The van der Waals surface area contributed by atoms with Crippen molar-refractivity contribution in [3.8, 4) is 11.1 Å². The Morgan fingerprint density at radius 3 is 2.37 bits per heavy atom. The molecule has 0 saturated carbocycles. The number of halogens is 4. The molecule has 38 heavy (non-hydrogen) atoms. The molecule has 0 spiro atoms. The maximum absolute atomic E-state index is 14.8. The number of aryl methyl sites for hydroxylation is 1. The Morgan fingerprint density at radius 1 is 1.00 bits per heavy atom. The molecule has 0 aliphatic heterocycles. The molecule has 3 aromatic carbocycles. The predicted octanol–water partition coefficient (Wildman–Crippen LogP) is 7.16. The molecule has 0 bridgehead atoms. The van der Waals surface area contributed by atoms with Crippen LogP contribution in [0.5, 0.6) is 0 Å². The first-order valence-corrected chi connectivity index (χ1v) is 11.9. The van der Waals surface area contributed by atoms with Gasteiger partial charge in [-0.2, -0.15) is 13.2 Å². The van der Waals surface area contributed by atoms with Crippen LogP contribution in [-0.2, 0) is 17.4 Å². The number of Topliss-reactive ketones (excluding diaryl/α,β-unsaturated/α-hetero) is 1. The van der Waals surface area contributed by atoms with Crippen molar-refractivity contribution in [2.24, 2.45) is 5.41 Å². The van der Waals surface area contributed by atoms with Gasteiger partial charge in [0.15, 0.2) is 5.78 Å². The van der Waals surface area contributed by atoms with Gasteiger partial charge < -0.3 is 15.7 Å². The van der Waals surface area contributed by atoms with Crippen LogP contribution in [0.15, 0.2) is 60.7 Å². The zero-order valence-electron chi connectivity index (χ0n) is 20.3. The van der Waals surface area contributed by atoms with Crippen molar-refractivity contribution in [2.45, 2.75) is 38.8 Å². The van der Waals surface area contributed by atoms with E-state index >= 15 is 0 Å². The number of hydrogen-bond acceptors (Lipinski definition) is 3. The van der Waals surface area contributed by atoms with Crippen LogP contribution >= 0.6 is 0 Å². The number of carboxylic acids is 1. The van der Waals surface area contributed by atoms with Gasteiger partial charge in [-0.05, 0) is 66.3 Å². The van der Waals surface area contributed by atoms with Crippen LogP contribution in [0.4, 0.5) is 33.7 Å². The Labute approximate surface area is 215 Å². The second-order valence-corrected chi connectivity index (χ2v) is 9.26. The zero-order valence-corrected chi connectivity index (χ0v) is 20.3. The second-order valence-electron chi connectivity index (χ2n) is 9.26. The molecular weight excluding hydrogens is 504 g/mol. The Morgan fingerprint density at radius 2 is 1.71 bits per heavy atom. The Bertz CT molecular complexity index is 1420. The van der Waals surface area contributed by atoms with Crippen molar-refractivity contribution in [3.63, 3.8) is 0 Å². The number of carbonyl (C=O) groups is 3. The van der Waals surface area contributed by atoms with Gasteiger partial charge in [-0.1, -0.05) is 37.3 Å². The minimum Gasteiger partial charge on any atom is -0.481 e. The number of ketones is 1. The summed E-state index contributed by atoms with van der Waals surface area (Å²) in [6.45, 7) is 1.80. The highest BCUT2D eigenvalue weighted by molar-refractivity contribution is 6.04. The van der Waals surface area contributed by atoms with E-state index in [2.05, 4.69) is 10.6 Å². The van der Waals surface area contributed by atoms with Crippen LogP contribution in [0, 0.1) is 11.2 Å². The maximum atomic E-state index is 14.8. The van der Waals surface area contributed by atoms with Gasteiger partial charge in [0, 0.05) is 16.7 Å². The summed E-state index contributed by atoms with van der Waals surface area (Å²) in [5.41, 5.74) is 0.199. The van der Waals surface area contributed by atoms with Crippen LogP contribution in [0.3, 0.4) is 0 Å². The van der Waals surface area contributed by atoms with E-state index in [1.165, 1.54) is 18.2 Å². The largest absolute Gasteiger partial charge is 0.481 e. The SMILES string of the molecule is CCC1(CC(=O)O)CCc2cc(-c3ccc(NC(=O)Nc4cccc(C(F)(F)F)c4)c(F)c3)ccc2C1=O. The van der Waals surface area contributed by atoms with E-state index in [4.69, 9.17) is 0 Å². The number of urea groups is 1. The number of alkyl halides is 3. The quantitative estimate of drug-likeness (QED) is 0.296. The number of benzene rings is 3. The number of hydrogen-bond donors (Lipinski definition) is 3. The van der Waals surface area contributed by atoms with Crippen molar-refractivity contribution in [1.82, 2.24) is 0 Å². The number of carbonyl (C=O) groups excluding carboxylic acids is 2. The smallest absolute Gasteiger partial charge is 0.416 e. The van der Waals surface area contributed by atoms with Crippen LogP contribution in [0.25, 0.3) is 11.1 Å². The number of anilines is 2. The number of fused-ring (bicyclic) bond motifs is 1. The third-order valence-corrected chi connectivity index (χ3v) is 6.87. The molecule has 0 aromatic heterocycles. The van der Waals surface area contributed by atoms with Gasteiger partial charge in [0.2, 0.25) is 0 Å². The molecule has 4 rings (SSSR count). The highest BCUT2D eigenvalue weighted by Crippen LogP contribution is 2.42. The average Bonchev–Trinajstić information content (AvgIpc) is 2.86. The zero-order chi connectivity index (χ0) is 27.7. The van der Waals surface area contributed by atoms with Crippen molar-refractivity contribution < 1.29 is 37.1 Å². The Kier molecular flexibility index (Phi) is 7.26. The Hall–Kier alpha value is -4.21. The van der Waals surface area contributed by atoms with Gasteiger partial charge in [0.05, 0.1) is 17.7 Å². The van der Waals surface area contributed by atoms with Crippen LogP contribution in [0.1, 0.15) is 47.7 Å². The lowest BCUT2D eigenvalue weighted by Gasteiger charge is -2.35. The van der Waals surface area contributed by atoms with Crippen molar-refractivity contribution in [1.29, 1.82) is 0 Å². The number of rotatable bonds is 6. The van der Waals surface area contributed by atoms with E-state index < -0.39 is 35.0 Å². The van der Waals surface area contributed by atoms with E-state index in [1.54, 1.807) is 31.2 Å². The third kappa shape index (κ3) is 5.53. The van der Waals surface area contributed by atoms with Crippen molar-refractivity contribution in [3.05, 3.63) is 83.2 Å². The molecular formula is C28H24F4N2O4. The monoisotopic (exact) mass is 528 g/mol. The number of nitrogens with one attached hydrogen (secondary N) is 2. The maximum Gasteiger partial charge on any atom is 0.416 e. The number of carboxylic acid groups (broad SMARTS) is 1. The molecule has 0 heterocycles.